The Morgan fingerprint density at radius 1 is 1.52 bits per heavy atom. The van der Waals surface area contributed by atoms with Crippen LogP contribution in [0.4, 0.5) is 10.5 Å². The number of aromatic nitrogens is 3. The number of carbonyl (C=O) groups excluding carboxylic acids is 1. The van der Waals surface area contributed by atoms with Gasteiger partial charge in [0.1, 0.15) is 5.44 Å². The average molecular weight is 306 g/mol. The lowest BCUT2D eigenvalue weighted by atomic mass is 10.4. The molecule has 7 heteroatoms. The molecule has 2 aromatic heterocycles. The van der Waals surface area contributed by atoms with Crippen LogP contribution in [0, 0.1) is 6.92 Å². The van der Waals surface area contributed by atoms with Crippen molar-refractivity contribution in [2.75, 3.05) is 18.2 Å². The van der Waals surface area contributed by atoms with Crippen LogP contribution in [0.3, 0.4) is 0 Å². The van der Waals surface area contributed by atoms with Gasteiger partial charge in [-0.2, -0.15) is 5.10 Å². The number of ether oxygens (including phenoxy) is 1. The number of rotatable bonds is 4. The van der Waals surface area contributed by atoms with Gasteiger partial charge in [0.2, 0.25) is 0 Å². The van der Waals surface area contributed by atoms with Gasteiger partial charge in [0.15, 0.2) is 0 Å². The maximum atomic E-state index is 12.1. The van der Waals surface area contributed by atoms with Crippen molar-refractivity contribution in [3.63, 3.8) is 0 Å². The fourth-order valence-electron chi connectivity index (χ4n) is 1.77. The number of pyridine rings is 1. The molecule has 6 nitrogen and oxygen atoms in total. The van der Waals surface area contributed by atoms with Crippen LogP contribution in [0.15, 0.2) is 30.7 Å². The summed E-state index contributed by atoms with van der Waals surface area (Å²) in [5.41, 5.74) is 2.10. The molecule has 0 aromatic carbocycles. The van der Waals surface area contributed by atoms with Crippen LogP contribution < -0.4 is 4.90 Å². The minimum atomic E-state index is -0.398. The summed E-state index contributed by atoms with van der Waals surface area (Å²) in [5, 5.41) is 4.41. The number of amides is 1. The molecule has 0 N–H and O–H groups in total. The van der Waals surface area contributed by atoms with E-state index in [1.807, 2.05) is 32.2 Å². The van der Waals surface area contributed by atoms with Crippen molar-refractivity contribution >= 4 is 23.5 Å². The number of nitrogens with zero attached hydrogens (tertiary/aromatic N) is 4. The Labute approximate surface area is 128 Å². The molecule has 1 unspecified atom stereocenters. The second kappa shape index (κ2) is 6.62. The first-order chi connectivity index (χ1) is 10.0. The zero-order chi connectivity index (χ0) is 15.4. The molecule has 0 saturated heterocycles. The maximum absolute atomic E-state index is 12.1. The molecule has 0 radical (unpaired) electrons. The third-order valence-electron chi connectivity index (χ3n) is 3.02. The third kappa shape index (κ3) is 3.55. The fraction of sp³-hybridized carbons (Fsp3) is 0.357. The summed E-state index contributed by atoms with van der Waals surface area (Å²) in [5.74, 6) is 0. The van der Waals surface area contributed by atoms with Crippen molar-refractivity contribution in [2.24, 2.45) is 0 Å². The summed E-state index contributed by atoms with van der Waals surface area (Å²) in [7, 11) is 1.67. The van der Waals surface area contributed by atoms with Gasteiger partial charge in [-0.15, -0.1) is 11.8 Å². The highest BCUT2D eigenvalue weighted by atomic mass is 32.2. The van der Waals surface area contributed by atoms with Gasteiger partial charge < -0.3 is 4.74 Å². The Morgan fingerprint density at radius 2 is 2.29 bits per heavy atom. The SMILES string of the molecule is CSC(C)OC(=O)N(C)c1cn(-c2cccnc2)nc1C. The Balaban J connectivity index is 2.21. The van der Waals surface area contributed by atoms with E-state index in [1.54, 1.807) is 30.3 Å². The molecule has 2 heterocycles. The summed E-state index contributed by atoms with van der Waals surface area (Å²) in [6, 6.07) is 3.74. The first-order valence-electron chi connectivity index (χ1n) is 6.46. The van der Waals surface area contributed by atoms with Crippen molar-refractivity contribution in [3.8, 4) is 5.69 Å². The summed E-state index contributed by atoms with van der Waals surface area (Å²) in [6.45, 7) is 3.69. The van der Waals surface area contributed by atoms with E-state index in [-0.39, 0.29) is 5.44 Å². The predicted octanol–water partition coefficient (Wildman–Crippen LogP) is 2.86. The van der Waals surface area contributed by atoms with E-state index in [1.165, 1.54) is 16.7 Å². The van der Waals surface area contributed by atoms with Crippen molar-refractivity contribution in [2.45, 2.75) is 19.3 Å². The summed E-state index contributed by atoms with van der Waals surface area (Å²) in [4.78, 5) is 17.6. The third-order valence-corrected chi connectivity index (χ3v) is 3.78. The highest BCUT2D eigenvalue weighted by Crippen LogP contribution is 2.21. The van der Waals surface area contributed by atoms with E-state index in [4.69, 9.17) is 4.74 Å². The zero-order valence-corrected chi connectivity index (χ0v) is 13.3. The van der Waals surface area contributed by atoms with Crippen LogP contribution in [0.5, 0.6) is 0 Å². The molecule has 112 valence electrons. The molecule has 2 aromatic rings. The molecule has 0 aliphatic rings. The summed E-state index contributed by atoms with van der Waals surface area (Å²) in [6.07, 6.45) is 6.70. The minimum absolute atomic E-state index is 0.186. The minimum Gasteiger partial charge on any atom is -0.435 e. The number of hydrogen-bond acceptors (Lipinski definition) is 5. The van der Waals surface area contributed by atoms with E-state index in [9.17, 15) is 4.79 Å². The molecule has 2 rings (SSSR count). The van der Waals surface area contributed by atoms with Gasteiger partial charge in [-0.05, 0) is 32.2 Å². The van der Waals surface area contributed by atoms with Crippen molar-refractivity contribution in [1.82, 2.24) is 14.8 Å². The lowest BCUT2D eigenvalue weighted by Crippen LogP contribution is -2.29. The van der Waals surface area contributed by atoms with Gasteiger partial charge in [-0.25, -0.2) is 9.48 Å². The zero-order valence-electron chi connectivity index (χ0n) is 12.5. The van der Waals surface area contributed by atoms with E-state index in [0.717, 1.165) is 11.4 Å². The van der Waals surface area contributed by atoms with Crippen LogP contribution in [0.1, 0.15) is 12.6 Å². The van der Waals surface area contributed by atoms with Crippen molar-refractivity contribution < 1.29 is 9.53 Å². The first-order valence-corrected chi connectivity index (χ1v) is 7.75. The fourth-order valence-corrected chi connectivity index (χ4v) is 1.95. The number of thioether (sulfide) groups is 1. The molecular formula is C14H18N4O2S. The predicted molar refractivity (Wildman–Crippen MR) is 84.0 cm³/mol. The van der Waals surface area contributed by atoms with Gasteiger partial charge >= 0.3 is 6.09 Å². The average Bonchev–Trinajstić information content (AvgIpc) is 2.89. The monoisotopic (exact) mass is 306 g/mol. The molecule has 0 bridgehead atoms. The Morgan fingerprint density at radius 3 is 2.90 bits per heavy atom. The second-order valence-electron chi connectivity index (χ2n) is 4.50. The number of carbonyl (C=O) groups is 1. The molecular weight excluding hydrogens is 288 g/mol. The van der Waals surface area contributed by atoms with Gasteiger partial charge in [-0.1, -0.05) is 0 Å². The van der Waals surface area contributed by atoms with Gasteiger partial charge in [0.25, 0.3) is 0 Å². The lowest BCUT2D eigenvalue weighted by Gasteiger charge is -2.18. The Hall–Kier alpha value is -2.02. The standard InChI is InChI=1S/C14H18N4O2S/c1-10-13(17(3)14(19)20-11(2)21-4)9-18(16-10)12-6-5-7-15-8-12/h5-9,11H,1-4H3. The van der Waals surface area contributed by atoms with Crippen LogP contribution in [0.25, 0.3) is 5.69 Å². The van der Waals surface area contributed by atoms with Gasteiger partial charge in [-0.3, -0.25) is 9.88 Å². The number of hydrogen-bond donors (Lipinski definition) is 0. The molecule has 0 aliphatic heterocycles. The Bertz CT molecular complexity index is 615. The van der Waals surface area contributed by atoms with Crippen LogP contribution in [-0.4, -0.2) is 39.6 Å². The molecule has 0 spiro atoms. The first kappa shape index (κ1) is 15.4. The second-order valence-corrected chi connectivity index (χ2v) is 5.64. The number of aryl methyl sites for hydroxylation is 1. The molecule has 1 amide bonds. The largest absolute Gasteiger partial charge is 0.435 e. The van der Waals surface area contributed by atoms with Gasteiger partial charge in [0, 0.05) is 13.2 Å². The molecule has 0 fully saturated rings. The topological polar surface area (TPSA) is 60.2 Å². The van der Waals surface area contributed by atoms with Crippen LogP contribution >= 0.6 is 11.8 Å². The van der Waals surface area contributed by atoms with Crippen molar-refractivity contribution in [3.05, 3.63) is 36.4 Å². The number of anilines is 1. The highest BCUT2D eigenvalue weighted by molar-refractivity contribution is 7.99. The molecule has 21 heavy (non-hydrogen) atoms. The quantitative estimate of drug-likeness (QED) is 0.813. The van der Waals surface area contributed by atoms with Gasteiger partial charge in [0.05, 0.1) is 29.5 Å². The van der Waals surface area contributed by atoms with Crippen molar-refractivity contribution in [1.29, 1.82) is 0 Å². The highest BCUT2D eigenvalue weighted by Gasteiger charge is 2.19. The van der Waals surface area contributed by atoms with E-state index < -0.39 is 6.09 Å². The maximum Gasteiger partial charge on any atom is 0.415 e. The van der Waals surface area contributed by atoms with E-state index in [2.05, 4.69) is 10.1 Å². The molecule has 1 atom stereocenters. The van der Waals surface area contributed by atoms with Crippen LogP contribution in [0.2, 0.25) is 0 Å². The summed E-state index contributed by atoms with van der Waals surface area (Å²) < 4.78 is 6.98. The Kier molecular flexibility index (Phi) is 4.85. The van der Waals surface area contributed by atoms with E-state index >= 15 is 0 Å². The lowest BCUT2D eigenvalue weighted by molar-refractivity contribution is 0.150. The van der Waals surface area contributed by atoms with E-state index in [0.29, 0.717) is 5.69 Å². The molecule has 0 aliphatic carbocycles. The van der Waals surface area contributed by atoms with Crippen LogP contribution in [-0.2, 0) is 4.74 Å². The summed E-state index contributed by atoms with van der Waals surface area (Å²) >= 11 is 1.47. The normalized spacial score (nSPS) is 12.0. The molecule has 0 saturated carbocycles. The smallest absolute Gasteiger partial charge is 0.415 e.